The standard InChI is InChI=1S/C21H16F3N3O3/c22-21(23,24)30-17-8-6-15(7-9-17)20(29)27-18-12-16(10-11-25-18)19(28)26-13-14-4-2-1-3-5-14/h1-12H,13H2,(H,26,28)(H,25,27,29). The highest BCUT2D eigenvalue weighted by atomic mass is 19.4. The molecule has 2 aromatic carbocycles. The molecule has 154 valence electrons. The number of carbonyl (C=O) groups excluding carboxylic acids is 2. The minimum Gasteiger partial charge on any atom is -0.406 e. The molecule has 2 amide bonds. The first kappa shape index (κ1) is 20.8. The van der Waals surface area contributed by atoms with E-state index in [1.807, 2.05) is 30.3 Å². The van der Waals surface area contributed by atoms with Crippen LogP contribution in [0.25, 0.3) is 0 Å². The third-order valence-electron chi connectivity index (χ3n) is 3.91. The van der Waals surface area contributed by atoms with Gasteiger partial charge in [-0.05, 0) is 42.0 Å². The minimum atomic E-state index is -4.81. The third-order valence-corrected chi connectivity index (χ3v) is 3.91. The Hall–Kier alpha value is -3.88. The second-order valence-electron chi connectivity index (χ2n) is 6.12. The second-order valence-corrected chi connectivity index (χ2v) is 6.12. The van der Waals surface area contributed by atoms with Gasteiger partial charge in [0.1, 0.15) is 11.6 Å². The van der Waals surface area contributed by atoms with Gasteiger partial charge in [0.2, 0.25) is 0 Å². The number of benzene rings is 2. The Kier molecular flexibility index (Phi) is 6.31. The molecule has 0 aliphatic rings. The van der Waals surface area contributed by atoms with Gasteiger partial charge >= 0.3 is 6.36 Å². The normalized spacial score (nSPS) is 10.9. The third kappa shape index (κ3) is 6.06. The van der Waals surface area contributed by atoms with Crippen molar-refractivity contribution in [2.45, 2.75) is 12.9 Å². The molecule has 0 saturated heterocycles. The van der Waals surface area contributed by atoms with E-state index >= 15 is 0 Å². The number of nitrogens with one attached hydrogen (secondary N) is 2. The molecule has 0 bridgehead atoms. The monoisotopic (exact) mass is 415 g/mol. The van der Waals surface area contributed by atoms with E-state index < -0.39 is 18.0 Å². The first-order valence-electron chi connectivity index (χ1n) is 8.75. The molecule has 30 heavy (non-hydrogen) atoms. The SMILES string of the molecule is O=C(NCc1ccccc1)c1ccnc(NC(=O)c2ccc(OC(F)(F)F)cc2)c1. The molecular weight excluding hydrogens is 399 g/mol. The van der Waals surface area contributed by atoms with Crippen LogP contribution in [0.3, 0.4) is 0 Å². The van der Waals surface area contributed by atoms with Crippen molar-refractivity contribution < 1.29 is 27.5 Å². The average Bonchev–Trinajstić information content (AvgIpc) is 2.72. The van der Waals surface area contributed by atoms with Crippen LogP contribution in [-0.2, 0) is 6.54 Å². The van der Waals surface area contributed by atoms with E-state index in [0.29, 0.717) is 12.1 Å². The number of alkyl halides is 3. The molecule has 1 aromatic heterocycles. The van der Waals surface area contributed by atoms with Crippen molar-refractivity contribution >= 4 is 17.6 Å². The largest absolute Gasteiger partial charge is 0.573 e. The predicted molar refractivity (Wildman–Crippen MR) is 103 cm³/mol. The summed E-state index contributed by atoms with van der Waals surface area (Å²) in [6, 6.07) is 16.7. The molecule has 0 saturated carbocycles. The van der Waals surface area contributed by atoms with Crippen molar-refractivity contribution in [3.05, 3.63) is 89.6 Å². The Bertz CT molecular complexity index is 1020. The van der Waals surface area contributed by atoms with Crippen molar-refractivity contribution in [1.82, 2.24) is 10.3 Å². The molecule has 0 spiro atoms. The zero-order valence-corrected chi connectivity index (χ0v) is 15.4. The highest BCUT2D eigenvalue weighted by Gasteiger charge is 2.31. The van der Waals surface area contributed by atoms with Gasteiger partial charge in [0.15, 0.2) is 0 Å². The summed E-state index contributed by atoms with van der Waals surface area (Å²) >= 11 is 0. The van der Waals surface area contributed by atoms with E-state index in [-0.39, 0.29) is 17.3 Å². The van der Waals surface area contributed by atoms with E-state index in [9.17, 15) is 22.8 Å². The molecular formula is C21H16F3N3O3. The van der Waals surface area contributed by atoms with E-state index in [0.717, 1.165) is 17.7 Å². The van der Waals surface area contributed by atoms with Crippen LogP contribution >= 0.6 is 0 Å². The highest BCUT2D eigenvalue weighted by molar-refractivity contribution is 6.04. The van der Waals surface area contributed by atoms with Crippen molar-refractivity contribution in [3.63, 3.8) is 0 Å². The lowest BCUT2D eigenvalue weighted by Gasteiger charge is -2.10. The molecule has 0 unspecified atom stereocenters. The Morgan fingerprint density at radius 1 is 0.900 bits per heavy atom. The molecule has 0 aliphatic carbocycles. The van der Waals surface area contributed by atoms with E-state index in [2.05, 4.69) is 20.4 Å². The van der Waals surface area contributed by atoms with Crippen molar-refractivity contribution in [1.29, 1.82) is 0 Å². The van der Waals surface area contributed by atoms with Gasteiger partial charge in [-0.1, -0.05) is 30.3 Å². The van der Waals surface area contributed by atoms with Gasteiger partial charge in [0.25, 0.3) is 11.8 Å². The molecule has 1 heterocycles. The molecule has 3 aromatic rings. The average molecular weight is 415 g/mol. The van der Waals surface area contributed by atoms with Gasteiger partial charge < -0.3 is 15.4 Å². The van der Waals surface area contributed by atoms with Gasteiger partial charge in [0, 0.05) is 23.9 Å². The summed E-state index contributed by atoms with van der Waals surface area (Å²) in [5, 5.41) is 5.27. The molecule has 2 N–H and O–H groups in total. The van der Waals surface area contributed by atoms with E-state index in [4.69, 9.17) is 0 Å². The quantitative estimate of drug-likeness (QED) is 0.634. The van der Waals surface area contributed by atoms with Crippen molar-refractivity contribution in [2.75, 3.05) is 5.32 Å². The van der Waals surface area contributed by atoms with Gasteiger partial charge in [-0.2, -0.15) is 0 Å². The molecule has 0 atom stereocenters. The lowest BCUT2D eigenvalue weighted by atomic mass is 10.2. The topological polar surface area (TPSA) is 80.3 Å². The number of carbonyl (C=O) groups is 2. The Morgan fingerprint density at radius 2 is 1.60 bits per heavy atom. The Morgan fingerprint density at radius 3 is 2.27 bits per heavy atom. The number of hydrogen-bond acceptors (Lipinski definition) is 4. The van der Waals surface area contributed by atoms with Crippen LogP contribution in [-0.4, -0.2) is 23.2 Å². The zero-order chi connectivity index (χ0) is 21.6. The summed E-state index contributed by atoms with van der Waals surface area (Å²) < 4.78 is 40.4. The first-order chi connectivity index (χ1) is 14.3. The van der Waals surface area contributed by atoms with Gasteiger partial charge in [0.05, 0.1) is 0 Å². The fourth-order valence-electron chi connectivity index (χ4n) is 2.52. The maximum atomic E-state index is 12.3. The summed E-state index contributed by atoms with van der Waals surface area (Å²) in [5.41, 5.74) is 1.33. The number of nitrogens with zero attached hydrogens (tertiary/aromatic N) is 1. The van der Waals surface area contributed by atoms with Crippen LogP contribution in [0.1, 0.15) is 26.3 Å². The summed E-state index contributed by atoms with van der Waals surface area (Å²) in [6.45, 7) is 0.343. The lowest BCUT2D eigenvalue weighted by Crippen LogP contribution is -2.23. The highest BCUT2D eigenvalue weighted by Crippen LogP contribution is 2.23. The molecule has 0 fully saturated rings. The Balaban J connectivity index is 1.61. The fraction of sp³-hybridized carbons (Fsp3) is 0.0952. The number of hydrogen-bond donors (Lipinski definition) is 2. The molecule has 0 radical (unpaired) electrons. The Labute approximate surface area is 169 Å². The molecule has 6 nitrogen and oxygen atoms in total. The summed E-state index contributed by atoms with van der Waals surface area (Å²) in [4.78, 5) is 28.6. The van der Waals surface area contributed by atoms with Crippen LogP contribution in [0, 0.1) is 0 Å². The molecule has 0 aliphatic heterocycles. The number of pyridine rings is 1. The molecule has 9 heteroatoms. The van der Waals surface area contributed by atoms with Crippen LogP contribution in [0.5, 0.6) is 5.75 Å². The molecule has 3 rings (SSSR count). The maximum absolute atomic E-state index is 12.3. The summed E-state index contributed by atoms with van der Waals surface area (Å²) in [6.07, 6.45) is -3.44. The van der Waals surface area contributed by atoms with Gasteiger partial charge in [-0.25, -0.2) is 4.98 Å². The summed E-state index contributed by atoms with van der Waals surface area (Å²) in [5.74, 6) is -1.24. The predicted octanol–water partition coefficient (Wildman–Crippen LogP) is 4.16. The van der Waals surface area contributed by atoms with Crippen molar-refractivity contribution in [3.8, 4) is 5.75 Å². The minimum absolute atomic E-state index is 0.102. The number of aromatic nitrogens is 1. The number of halogens is 3. The van der Waals surface area contributed by atoms with Crippen LogP contribution in [0.15, 0.2) is 72.9 Å². The zero-order valence-electron chi connectivity index (χ0n) is 15.4. The van der Waals surface area contributed by atoms with Crippen LogP contribution in [0.4, 0.5) is 19.0 Å². The maximum Gasteiger partial charge on any atom is 0.573 e. The number of ether oxygens (including phenoxy) is 1. The smallest absolute Gasteiger partial charge is 0.406 e. The number of rotatable bonds is 6. The van der Waals surface area contributed by atoms with Crippen LogP contribution < -0.4 is 15.4 Å². The van der Waals surface area contributed by atoms with E-state index in [1.54, 1.807) is 0 Å². The first-order valence-corrected chi connectivity index (χ1v) is 8.75. The van der Waals surface area contributed by atoms with Gasteiger partial charge in [-0.3, -0.25) is 9.59 Å². The van der Waals surface area contributed by atoms with E-state index in [1.165, 1.54) is 30.5 Å². The van der Waals surface area contributed by atoms with Gasteiger partial charge in [-0.15, -0.1) is 13.2 Å². The second kappa shape index (κ2) is 9.08. The van der Waals surface area contributed by atoms with Crippen LogP contribution in [0.2, 0.25) is 0 Å². The fourth-order valence-corrected chi connectivity index (χ4v) is 2.52. The summed E-state index contributed by atoms with van der Waals surface area (Å²) in [7, 11) is 0. The number of amides is 2. The lowest BCUT2D eigenvalue weighted by molar-refractivity contribution is -0.274. The van der Waals surface area contributed by atoms with Crippen molar-refractivity contribution in [2.24, 2.45) is 0 Å². The number of anilines is 1.